The number of fused-ring (bicyclic) bond motifs is 1. The number of aromatic nitrogens is 4. The molecule has 1 aliphatic rings. The molecule has 2 atom stereocenters. The molecule has 0 unspecified atom stereocenters. The Labute approximate surface area is 180 Å². The number of likely N-dealkylation sites (tertiary alicyclic amines) is 1. The molecule has 1 saturated heterocycles. The van der Waals surface area contributed by atoms with Gasteiger partial charge < -0.3 is 9.32 Å². The average Bonchev–Trinajstić information content (AvgIpc) is 3.44. The Morgan fingerprint density at radius 3 is 2.74 bits per heavy atom. The lowest BCUT2D eigenvalue weighted by atomic mass is 9.90. The smallest absolute Gasteiger partial charge is 0.256 e. The number of hydrogen-bond acceptors (Lipinski definition) is 5. The van der Waals surface area contributed by atoms with Crippen molar-refractivity contribution in [2.75, 3.05) is 6.54 Å². The van der Waals surface area contributed by atoms with Crippen molar-refractivity contribution in [3.8, 4) is 5.69 Å². The van der Waals surface area contributed by atoms with Crippen LogP contribution in [-0.2, 0) is 6.42 Å². The summed E-state index contributed by atoms with van der Waals surface area (Å²) < 4.78 is 5.93. The van der Waals surface area contributed by atoms with Crippen LogP contribution in [0, 0.1) is 12.8 Å². The van der Waals surface area contributed by atoms with Crippen LogP contribution >= 0.6 is 0 Å². The van der Waals surface area contributed by atoms with Crippen molar-refractivity contribution in [2.45, 2.75) is 39.2 Å². The Morgan fingerprint density at radius 2 is 1.94 bits per heavy atom. The SMILES string of the molecule is Cc1ccc(-n2nccn2)c(C(=O)N2C[C@H](Cc3nc4ccccc4o3)CC[C@@H]2C)c1. The van der Waals surface area contributed by atoms with Crippen LogP contribution in [0.1, 0.15) is 41.6 Å². The van der Waals surface area contributed by atoms with E-state index in [9.17, 15) is 4.79 Å². The summed E-state index contributed by atoms with van der Waals surface area (Å²) in [6, 6.07) is 13.8. The number of piperidine rings is 1. The zero-order valence-electron chi connectivity index (χ0n) is 17.7. The molecule has 0 saturated carbocycles. The number of para-hydroxylation sites is 2. The number of carbonyl (C=O) groups is 1. The molecule has 0 bridgehead atoms. The Morgan fingerprint density at radius 1 is 1.13 bits per heavy atom. The fourth-order valence-corrected chi connectivity index (χ4v) is 4.38. The highest BCUT2D eigenvalue weighted by Crippen LogP contribution is 2.28. The van der Waals surface area contributed by atoms with Gasteiger partial charge in [-0.25, -0.2) is 4.98 Å². The van der Waals surface area contributed by atoms with E-state index >= 15 is 0 Å². The Bertz CT molecular complexity index is 1180. The number of nitrogens with zero attached hydrogens (tertiary/aromatic N) is 5. The van der Waals surface area contributed by atoms with Gasteiger partial charge in [-0.15, -0.1) is 0 Å². The van der Waals surface area contributed by atoms with Crippen LogP contribution in [0.25, 0.3) is 16.8 Å². The lowest BCUT2D eigenvalue weighted by molar-refractivity contribution is 0.0554. The lowest BCUT2D eigenvalue weighted by Crippen LogP contribution is -2.46. The standard InChI is InChI=1S/C24H25N5O2/c1-16-7-10-21(29-25-11-12-26-29)19(13-16)24(30)28-15-18(9-8-17(28)2)14-23-27-20-5-3-4-6-22(20)31-23/h3-7,10-13,17-18H,8-9,14-15H2,1-2H3/t17-,18-/m0/s1. The second-order valence-corrected chi connectivity index (χ2v) is 8.37. The summed E-state index contributed by atoms with van der Waals surface area (Å²) in [7, 11) is 0. The van der Waals surface area contributed by atoms with Gasteiger partial charge in [0.15, 0.2) is 11.5 Å². The molecule has 0 radical (unpaired) electrons. The molecule has 0 spiro atoms. The molecule has 31 heavy (non-hydrogen) atoms. The molecule has 2 aromatic heterocycles. The third-order valence-electron chi connectivity index (χ3n) is 6.06. The van der Waals surface area contributed by atoms with Gasteiger partial charge in [0.2, 0.25) is 0 Å². The average molecular weight is 415 g/mol. The number of rotatable bonds is 4. The molecule has 2 aromatic carbocycles. The summed E-state index contributed by atoms with van der Waals surface area (Å²) in [6.07, 6.45) is 5.97. The maximum atomic E-state index is 13.6. The second kappa shape index (κ2) is 7.98. The van der Waals surface area contributed by atoms with Gasteiger partial charge in [0, 0.05) is 19.0 Å². The minimum Gasteiger partial charge on any atom is -0.441 e. The molecule has 158 valence electrons. The van der Waals surface area contributed by atoms with Gasteiger partial charge in [-0.05, 0) is 56.9 Å². The minimum absolute atomic E-state index is 0.0192. The van der Waals surface area contributed by atoms with E-state index in [1.807, 2.05) is 54.3 Å². The van der Waals surface area contributed by atoms with Gasteiger partial charge in [-0.3, -0.25) is 4.79 Å². The topological polar surface area (TPSA) is 77.1 Å². The number of carbonyl (C=O) groups excluding carboxylic acids is 1. The zero-order chi connectivity index (χ0) is 21.4. The molecule has 0 N–H and O–H groups in total. The Hall–Kier alpha value is -3.48. The number of amides is 1. The predicted octanol–water partition coefficient (Wildman–Crippen LogP) is 4.20. The van der Waals surface area contributed by atoms with Crippen molar-refractivity contribution < 1.29 is 9.21 Å². The fraction of sp³-hybridized carbons (Fsp3) is 0.333. The van der Waals surface area contributed by atoms with E-state index in [0.717, 1.165) is 41.8 Å². The van der Waals surface area contributed by atoms with Crippen LogP contribution in [0.3, 0.4) is 0 Å². The largest absolute Gasteiger partial charge is 0.441 e. The molecule has 1 amide bonds. The van der Waals surface area contributed by atoms with Crippen LogP contribution in [-0.4, -0.2) is 43.4 Å². The van der Waals surface area contributed by atoms with E-state index in [2.05, 4.69) is 22.1 Å². The van der Waals surface area contributed by atoms with Crippen LogP contribution in [0.5, 0.6) is 0 Å². The number of benzene rings is 2. The van der Waals surface area contributed by atoms with Crippen molar-refractivity contribution in [1.29, 1.82) is 0 Å². The molecular weight excluding hydrogens is 390 g/mol. The fourth-order valence-electron chi connectivity index (χ4n) is 4.38. The third kappa shape index (κ3) is 3.83. The van der Waals surface area contributed by atoms with E-state index in [1.54, 1.807) is 12.4 Å². The molecular formula is C24H25N5O2. The van der Waals surface area contributed by atoms with Crippen LogP contribution in [0.15, 0.2) is 59.3 Å². The molecule has 0 aliphatic carbocycles. The maximum Gasteiger partial charge on any atom is 0.256 e. The summed E-state index contributed by atoms with van der Waals surface area (Å²) in [6.45, 7) is 4.79. The molecule has 4 aromatic rings. The van der Waals surface area contributed by atoms with Crippen molar-refractivity contribution in [1.82, 2.24) is 24.9 Å². The van der Waals surface area contributed by atoms with E-state index < -0.39 is 0 Å². The Kier molecular flexibility index (Phi) is 5.02. The monoisotopic (exact) mass is 415 g/mol. The summed E-state index contributed by atoms with van der Waals surface area (Å²) in [5.41, 5.74) is 4.06. The van der Waals surface area contributed by atoms with Crippen LogP contribution < -0.4 is 0 Å². The van der Waals surface area contributed by atoms with Crippen LogP contribution in [0.4, 0.5) is 0 Å². The van der Waals surface area contributed by atoms with E-state index in [0.29, 0.717) is 23.7 Å². The van der Waals surface area contributed by atoms with E-state index in [4.69, 9.17) is 4.42 Å². The van der Waals surface area contributed by atoms with Gasteiger partial charge in [0.25, 0.3) is 5.91 Å². The molecule has 7 heteroatoms. The van der Waals surface area contributed by atoms with Crippen molar-refractivity contribution in [3.05, 3.63) is 71.9 Å². The lowest BCUT2D eigenvalue weighted by Gasteiger charge is -2.38. The first-order valence-electron chi connectivity index (χ1n) is 10.7. The van der Waals surface area contributed by atoms with E-state index in [-0.39, 0.29) is 11.9 Å². The summed E-state index contributed by atoms with van der Waals surface area (Å²) in [5, 5.41) is 8.46. The highest BCUT2D eigenvalue weighted by molar-refractivity contribution is 5.98. The van der Waals surface area contributed by atoms with Crippen molar-refractivity contribution in [3.63, 3.8) is 0 Å². The summed E-state index contributed by atoms with van der Waals surface area (Å²) in [5.74, 6) is 1.07. The molecule has 3 heterocycles. The quantitative estimate of drug-likeness (QED) is 0.499. The van der Waals surface area contributed by atoms with Crippen LogP contribution in [0.2, 0.25) is 0 Å². The summed E-state index contributed by atoms with van der Waals surface area (Å²) >= 11 is 0. The minimum atomic E-state index is 0.0192. The highest BCUT2D eigenvalue weighted by atomic mass is 16.3. The Balaban J connectivity index is 1.39. The van der Waals surface area contributed by atoms with Gasteiger partial charge in [0.05, 0.1) is 23.6 Å². The number of aryl methyl sites for hydroxylation is 1. The molecule has 1 aliphatic heterocycles. The van der Waals surface area contributed by atoms with Crippen molar-refractivity contribution in [2.24, 2.45) is 5.92 Å². The van der Waals surface area contributed by atoms with Gasteiger partial charge in [-0.2, -0.15) is 15.0 Å². The van der Waals surface area contributed by atoms with Crippen molar-refractivity contribution >= 4 is 17.0 Å². The molecule has 7 nitrogen and oxygen atoms in total. The first-order valence-corrected chi connectivity index (χ1v) is 10.7. The summed E-state index contributed by atoms with van der Waals surface area (Å²) in [4.78, 5) is 21.8. The van der Waals surface area contributed by atoms with Gasteiger partial charge >= 0.3 is 0 Å². The third-order valence-corrected chi connectivity index (χ3v) is 6.06. The zero-order valence-corrected chi connectivity index (χ0v) is 17.7. The van der Waals surface area contributed by atoms with Gasteiger partial charge in [-0.1, -0.05) is 23.8 Å². The predicted molar refractivity (Wildman–Crippen MR) is 117 cm³/mol. The second-order valence-electron chi connectivity index (χ2n) is 8.37. The number of hydrogen-bond donors (Lipinski definition) is 0. The first kappa shape index (κ1) is 19.5. The molecule has 5 rings (SSSR count). The molecule has 1 fully saturated rings. The first-order chi connectivity index (χ1) is 15.1. The van der Waals surface area contributed by atoms with E-state index in [1.165, 1.54) is 4.80 Å². The maximum absolute atomic E-state index is 13.6. The van der Waals surface area contributed by atoms with Gasteiger partial charge in [0.1, 0.15) is 5.52 Å². The normalized spacial score (nSPS) is 19.1. The highest BCUT2D eigenvalue weighted by Gasteiger charge is 2.32. The number of oxazole rings is 1.